The van der Waals surface area contributed by atoms with E-state index in [0.29, 0.717) is 6.42 Å². The molecule has 2 aromatic carbocycles. The topological polar surface area (TPSA) is 29.5 Å². The number of ether oxygens (including phenoxy) is 1. The van der Waals surface area contributed by atoms with Crippen molar-refractivity contribution in [2.45, 2.75) is 12.5 Å². The van der Waals surface area contributed by atoms with Crippen LogP contribution >= 0.6 is 0 Å². The molecule has 0 saturated carbocycles. The van der Waals surface area contributed by atoms with Crippen molar-refractivity contribution in [3.05, 3.63) is 72.4 Å². The molecule has 1 aliphatic rings. The molecule has 3 nitrogen and oxygen atoms in total. The number of benzene rings is 2. The van der Waals surface area contributed by atoms with Gasteiger partial charge in [-0.1, -0.05) is 36.4 Å². The van der Waals surface area contributed by atoms with E-state index in [0.717, 1.165) is 17.0 Å². The average molecular weight is 279 g/mol. The summed E-state index contributed by atoms with van der Waals surface area (Å²) >= 11 is 0. The molecule has 0 aliphatic carbocycles. The van der Waals surface area contributed by atoms with Crippen molar-refractivity contribution in [1.82, 2.24) is 0 Å². The molecule has 0 saturated heterocycles. The standard InChI is InChI=1S/C18H17NO2/c1-21-17-9-5-8-15(12-17)19-11-10-16(20)13-18(19)14-6-3-2-4-7-14/h2-12,18H,13H2,1H3. The first-order chi connectivity index (χ1) is 10.3. The second-order valence-electron chi connectivity index (χ2n) is 5.02. The number of hydrogen-bond acceptors (Lipinski definition) is 3. The van der Waals surface area contributed by atoms with Crippen LogP contribution in [0.15, 0.2) is 66.9 Å². The Balaban J connectivity index is 2.01. The number of ketones is 1. The van der Waals surface area contributed by atoms with E-state index in [1.54, 1.807) is 13.2 Å². The molecule has 1 aliphatic heterocycles. The molecule has 3 rings (SSSR count). The highest BCUT2D eigenvalue weighted by molar-refractivity contribution is 5.92. The van der Waals surface area contributed by atoms with Gasteiger partial charge in [-0.25, -0.2) is 0 Å². The van der Waals surface area contributed by atoms with Crippen LogP contribution in [0, 0.1) is 0 Å². The second-order valence-corrected chi connectivity index (χ2v) is 5.02. The zero-order valence-corrected chi connectivity index (χ0v) is 11.9. The molecule has 0 bridgehead atoms. The monoisotopic (exact) mass is 279 g/mol. The molecular formula is C18H17NO2. The van der Waals surface area contributed by atoms with E-state index in [1.165, 1.54) is 0 Å². The van der Waals surface area contributed by atoms with E-state index >= 15 is 0 Å². The van der Waals surface area contributed by atoms with E-state index in [2.05, 4.69) is 17.0 Å². The lowest BCUT2D eigenvalue weighted by Crippen LogP contribution is -2.28. The summed E-state index contributed by atoms with van der Waals surface area (Å²) in [6.45, 7) is 0. The van der Waals surface area contributed by atoms with Crippen LogP contribution in [-0.2, 0) is 4.79 Å². The number of carbonyl (C=O) groups excluding carboxylic acids is 1. The number of anilines is 1. The number of carbonyl (C=O) groups is 1. The Hall–Kier alpha value is -2.55. The lowest BCUT2D eigenvalue weighted by molar-refractivity contribution is -0.115. The molecular weight excluding hydrogens is 262 g/mol. The summed E-state index contributed by atoms with van der Waals surface area (Å²) in [6.07, 6.45) is 3.98. The number of allylic oxidation sites excluding steroid dienone is 1. The van der Waals surface area contributed by atoms with Gasteiger partial charge in [0.15, 0.2) is 5.78 Å². The van der Waals surface area contributed by atoms with Crippen LogP contribution in [-0.4, -0.2) is 12.9 Å². The maximum atomic E-state index is 11.8. The van der Waals surface area contributed by atoms with Crippen LogP contribution in [0.1, 0.15) is 18.0 Å². The van der Waals surface area contributed by atoms with Crippen molar-refractivity contribution in [2.24, 2.45) is 0 Å². The highest BCUT2D eigenvalue weighted by Gasteiger charge is 2.25. The van der Waals surface area contributed by atoms with Gasteiger partial charge in [-0.15, -0.1) is 0 Å². The maximum absolute atomic E-state index is 11.8. The average Bonchev–Trinajstić information content (AvgIpc) is 2.55. The third kappa shape index (κ3) is 2.82. The molecule has 0 spiro atoms. The summed E-state index contributed by atoms with van der Waals surface area (Å²) < 4.78 is 5.29. The summed E-state index contributed by atoms with van der Waals surface area (Å²) in [5, 5.41) is 0. The minimum atomic E-state index is 0.0239. The van der Waals surface area contributed by atoms with Crippen molar-refractivity contribution in [3.8, 4) is 5.75 Å². The van der Waals surface area contributed by atoms with Crippen LogP contribution in [0.2, 0.25) is 0 Å². The van der Waals surface area contributed by atoms with Crippen LogP contribution < -0.4 is 9.64 Å². The largest absolute Gasteiger partial charge is 0.497 e. The number of nitrogens with zero attached hydrogens (tertiary/aromatic N) is 1. The maximum Gasteiger partial charge on any atom is 0.159 e. The number of methoxy groups -OCH3 is 1. The Morgan fingerprint density at radius 3 is 2.67 bits per heavy atom. The van der Waals surface area contributed by atoms with Crippen molar-refractivity contribution in [1.29, 1.82) is 0 Å². The lowest BCUT2D eigenvalue weighted by atomic mass is 9.96. The molecule has 2 aromatic rings. The van der Waals surface area contributed by atoms with Gasteiger partial charge >= 0.3 is 0 Å². The summed E-state index contributed by atoms with van der Waals surface area (Å²) in [5.74, 6) is 0.965. The fourth-order valence-electron chi connectivity index (χ4n) is 2.62. The first-order valence-corrected chi connectivity index (χ1v) is 6.96. The molecule has 3 heteroatoms. The molecule has 0 fully saturated rings. The van der Waals surface area contributed by atoms with Gasteiger partial charge in [-0.2, -0.15) is 0 Å². The molecule has 0 radical (unpaired) electrons. The smallest absolute Gasteiger partial charge is 0.159 e. The Morgan fingerprint density at radius 1 is 1.10 bits per heavy atom. The van der Waals surface area contributed by atoms with Gasteiger partial charge < -0.3 is 9.64 Å². The van der Waals surface area contributed by atoms with Crippen molar-refractivity contribution in [2.75, 3.05) is 12.0 Å². The van der Waals surface area contributed by atoms with Crippen LogP contribution in [0.3, 0.4) is 0 Å². The van der Waals surface area contributed by atoms with Crippen LogP contribution in [0.25, 0.3) is 0 Å². The van der Waals surface area contributed by atoms with Crippen LogP contribution in [0.4, 0.5) is 5.69 Å². The number of hydrogen-bond donors (Lipinski definition) is 0. The molecule has 0 aromatic heterocycles. The molecule has 106 valence electrons. The number of rotatable bonds is 3. The molecule has 1 atom stereocenters. The van der Waals surface area contributed by atoms with Gasteiger partial charge in [0.25, 0.3) is 0 Å². The zero-order valence-electron chi connectivity index (χ0n) is 11.9. The van der Waals surface area contributed by atoms with Gasteiger partial charge in [0.05, 0.1) is 13.2 Å². The summed E-state index contributed by atoms with van der Waals surface area (Å²) in [6, 6.07) is 18.0. The van der Waals surface area contributed by atoms with E-state index in [-0.39, 0.29) is 11.8 Å². The van der Waals surface area contributed by atoms with Crippen LogP contribution in [0.5, 0.6) is 5.75 Å². The van der Waals surface area contributed by atoms with Gasteiger partial charge in [-0.05, 0) is 23.8 Å². The highest BCUT2D eigenvalue weighted by Crippen LogP contribution is 2.34. The minimum Gasteiger partial charge on any atom is -0.497 e. The Bertz CT molecular complexity index is 664. The predicted octanol–water partition coefficient (Wildman–Crippen LogP) is 3.73. The summed E-state index contributed by atoms with van der Waals surface area (Å²) in [7, 11) is 1.66. The fraction of sp³-hybridized carbons (Fsp3) is 0.167. The second kappa shape index (κ2) is 5.83. The van der Waals surface area contributed by atoms with Crippen molar-refractivity contribution >= 4 is 11.5 Å². The molecule has 1 heterocycles. The molecule has 0 amide bonds. The van der Waals surface area contributed by atoms with Gasteiger partial charge in [0.2, 0.25) is 0 Å². The highest BCUT2D eigenvalue weighted by atomic mass is 16.5. The third-order valence-electron chi connectivity index (χ3n) is 3.69. The first kappa shape index (κ1) is 13.4. The van der Waals surface area contributed by atoms with Gasteiger partial charge in [-0.3, -0.25) is 4.79 Å². The Labute approximate surface area is 124 Å². The lowest BCUT2D eigenvalue weighted by Gasteiger charge is -2.33. The first-order valence-electron chi connectivity index (χ1n) is 6.96. The molecule has 1 unspecified atom stereocenters. The minimum absolute atomic E-state index is 0.0239. The van der Waals surface area contributed by atoms with E-state index in [4.69, 9.17) is 4.74 Å². The molecule has 0 N–H and O–H groups in total. The van der Waals surface area contributed by atoms with Gasteiger partial charge in [0, 0.05) is 24.4 Å². The molecule has 21 heavy (non-hydrogen) atoms. The predicted molar refractivity (Wildman–Crippen MR) is 83.4 cm³/mol. The normalized spacial score (nSPS) is 17.9. The van der Waals surface area contributed by atoms with E-state index < -0.39 is 0 Å². The summed E-state index contributed by atoms with van der Waals surface area (Å²) in [4.78, 5) is 13.9. The van der Waals surface area contributed by atoms with E-state index in [1.807, 2.05) is 48.7 Å². The fourth-order valence-corrected chi connectivity index (χ4v) is 2.62. The summed E-state index contributed by atoms with van der Waals surface area (Å²) in [5.41, 5.74) is 2.16. The van der Waals surface area contributed by atoms with E-state index in [9.17, 15) is 4.79 Å². The third-order valence-corrected chi connectivity index (χ3v) is 3.69. The van der Waals surface area contributed by atoms with Crippen molar-refractivity contribution < 1.29 is 9.53 Å². The SMILES string of the molecule is COc1cccc(N2C=CC(=O)CC2c2ccccc2)c1. The Kier molecular flexibility index (Phi) is 3.73. The van der Waals surface area contributed by atoms with Crippen molar-refractivity contribution in [3.63, 3.8) is 0 Å². The van der Waals surface area contributed by atoms with Gasteiger partial charge in [0.1, 0.15) is 5.75 Å². The Morgan fingerprint density at radius 2 is 1.90 bits per heavy atom. The zero-order chi connectivity index (χ0) is 14.7. The quantitative estimate of drug-likeness (QED) is 0.857.